The molecule has 0 aliphatic heterocycles. The van der Waals surface area contributed by atoms with E-state index in [0.717, 1.165) is 36.9 Å². The van der Waals surface area contributed by atoms with Gasteiger partial charge in [0.1, 0.15) is 11.6 Å². The van der Waals surface area contributed by atoms with E-state index in [1.165, 1.54) is 12.1 Å². The zero-order valence-electron chi connectivity index (χ0n) is 18.5. The summed E-state index contributed by atoms with van der Waals surface area (Å²) >= 11 is 0. The molecule has 1 fully saturated rings. The van der Waals surface area contributed by atoms with Crippen LogP contribution in [0.15, 0.2) is 60.9 Å². The van der Waals surface area contributed by atoms with Crippen molar-refractivity contribution in [1.29, 1.82) is 0 Å². The number of nitrogens with zero attached hydrogens (tertiary/aromatic N) is 3. The first-order chi connectivity index (χ1) is 16.1. The van der Waals surface area contributed by atoms with Gasteiger partial charge in [0.25, 0.3) is 0 Å². The topological polar surface area (TPSA) is 106 Å². The Kier molecular flexibility index (Phi) is 7.57. The summed E-state index contributed by atoms with van der Waals surface area (Å²) < 4.78 is 13.0. The van der Waals surface area contributed by atoms with Crippen LogP contribution in [-0.4, -0.2) is 33.4 Å². The zero-order valence-corrected chi connectivity index (χ0v) is 18.5. The molecule has 3 aromatic rings. The van der Waals surface area contributed by atoms with Crippen LogP contribution in [0.2, 0.25) is 0 Å². The largest absolute Gasteiger partial charge is 0.354 e. The number of amides is 1. The van der Waals surface area contributed by atoms with Crippen LogP contribution in [-0.2, 0) is 11.2 Å². The number of aromatic nitrogens is 3. The van der Waals surface area contributed by atoms with Crippen molar-refractivity contribution in [3.63, 3.8) is 0 Å². The Balaban J connectivity index is 1.22. The molecule has 0 radical (unpaired) electrons. The summed E-state index contributed by atoms with van der Waals surface area (Å²) in [5, 5.41) is 6.14. The number of halogens is 1. The van der Waals surface area contributed by atoms with Gasteiger partial charge >= 0.3 is 0 Å². The minimum Gasteiger partial charge on any atom is -0.354 e. The third kappa shape index (κ3) is 6.55. The number of benzene rings is 1. The van der Waals surface area contributed by atoms with Gasteiger partial charge in [-0.3, -0.25) is 4.79 Å². The van der Waals surface area contributed by atoms with Gasteiger partial charge in [0.05, 0.1) is 6.04 Å². The first kappa shape index (κ1) is 22.8. The van der Waals surface area contributed by atoms with Gasteiger partial charge in [-0.2, -0.15) is 0 Å². The second kappa shape index (κ2) is 11.0. The predicted octanol–water partition coefficient (Wildman–Crippen LogP) is 3.71. The lowest BCUT2D eigenvalue weighted by atomic mass is 9.80. The zero-order chi connectivity index (χ0) is 23.0. The van der Waals surface area contributed by atoms with Crippen LogP contribution >= 0.6 is 0 Å². The molecule has 1 saturated carbocycles. The fourth-order valence-electron chi connectivity index (χ4n) is 4.22. The highest BCUT2D eigenvalue weighted by Gasteiger charge is 2.24. The van der Waals surface area contributed by atoms with Crippen molar-refractivity contribution >= 4 is 17.7 Å². The van der Waals surface area contributed by atoms with Crippen molar-refractivity contribution in [3.05, 3.63) is 78.0 Å². The van der Waals surface area contributed by atoms with Gasteiger partial charge in [-0.25, -0.2) is 19.3 Å². The van der Waals surface area contributed by atoms with Crippen LogP contribution in [0.1, 0.15) is 42.9 Å². The van der Waals surface area contributed by atoms with Gasteiger partial charge in [0, 0.05) is 30.6 Å². The molecule has 0 unspecified atom stereocenters. The van der Waals surface area contributed by atoms with Gasteiger partial charge in [-0.15, -0.1) is 0 Å². The summed E-state index contributed by atoms with van der Waals surface area (Å²) in [5.41, 5.74) is 7.92. The van der Waals surface area contributed by atoms with E-state index in [4.69, 9.17) is 5.73 Å². The van der Waals surface area contributed by atoms with E-state index in [9.17, 15) is 9.18 Å². The fraction of sp³-hybridized carbons (Fsp3) is 0.360. The molecule has 8 heteroatoms. The second-order valence-electron chi connectivity index (χ2n) is 8.54. The Hall–Kier alpha value is -3.39. The van der Waals surface area contributed by atoms with Crippen molar-refractivity contribution in [2.45, 2.75) is 44.1 Å². The second-order valence-corrected chi connectivity index (χ2v) is 8.54. The standard InChI is InChI=1S/C25H29FN6O/c26-20-10-6-17(7-11-20)15-21(27)24(33)30-16-18-4-8-19(9-5-18)22-12-14-29-25(31-22)32-23-3-1-2-13-28-23/h1-3,6-7,10-14,18-19,21H,4-5,8-9,15-16,27H2,(H,30,33)(H,28,29,31,32)/t18?,19?,21-/m1/s1. The number of rotatable bonds is 8. The first-order valence-corrected chi connectivity index (χ1v) is 11.4. The Morgan fingerprint density at radius 3 is 2.55 bits per heavy atom. The maximum absolute atomic E-state index is 13.0. The van der Waals surface area contributed by atoms with E-state index in [1.807, 2.05) is 24.3 Å². The molecule has 4 rings (SSSR count). The third-order valence-corrected chi connectivity index (χ3v) is 6.12. The van der Waals surface area contributed by atoms with Crippen LogP contribution < -0.4 is 16.4 Å². The molecule has 1 aliphatic rings. The van der Waals surface area contributed by atoms with Crippen molar-refractivity contribution < 1.29 is 9.18 Å². The molecule has 172 valence electrons. The van der Waals surface area contributed by atoms with Crippen LogP contribution in [0, 0.1) is 11.7 Å². The molecule has 4 N–H and O–H groups in total. The molecule has 1 atom stereocenters. The number of carbonyl (C=O) groups excluding carboxylic acids is 1. The summed E-state index contributed by atoms with van der Waals surface area (Å²) in [6.07, 6.45) is 7.96. The minimum absolute atomic E-state index is 0.164. The summed E-state index contributed by atoms with van der Waals surface area (Å²) in [4.78, 5) is 25.6. The molecule has 1 aromatic carbocycles. The number of anilines is 2. The highest BCUT2D eigenvalue weighted by molar-refractivity contribution is 5.81. The minimum atomic E-state index is -0.641. The maximum Gasteiger partial charge on any atom is 0.237 e. The smallest absolute Gasteiger partial charge is 0.237 e. The van der Waals surface area contributed by atoms with Crippen molar-refractivity contribution in [2.24, 2.45) is 11.7 Å². The molecule has 33 heavy (non-hydrogen) atoms. The van der Waals surface area contributed by atoms with E-state index in [2.05, 4.69) is 25.6 Å². The Morgan fingerprint density at radius 2 is 1.82 bits per heavy atom. The molecule has 7 nitrogen and oxygen atoms in total. The highest BCUT2D eigenvalue weighted by Crippen LogP contribution is 2.35. The summed E-state index contributed by atoms with van der Waals surface area (Å²) in [6, 6.07) is 13.1. The van der Waals surface area contributed by atoms with Gasteiger partial charge in [-0.05, 0) is 73.9 Å². The van der Waals surface area contributed by atoms with Gasteiger partial charge in [0.2, 0.25) is 11.9 Å². The SMILES string of the molecule is N[C@H](Cc1ccc(F)cc1)C(=O)NCC1CCC(c2ccnc(Nc3ccccn3)n2)CC1. The highest BCUT2D eigenvalue weighted by atomic mass is 19.1. The van der Waals surface area contributed by atoms with Gasteiger partial charge < -0.3 is 16.4 Å². The predicted molar refractivity (Wildman–Crippen MR) is 125 cm³/mol. The monoisotopic (exact) mass is 448 g/mol. The van der Waals surface area contributed by atoms with E-state index in [1.54, 1.807) is 24.5 Å². The van der Waals surface area contributed by atoms with E-state index in [-0.39, 0.29) is 11.7 Å². The summed E-state index contributed by atoms with van der Waals surface area (Å²) in [6.45, 7) is 0.624. The van der Waals surface area contributed by atoms with Crippen LogP contribution in [0.5, 0.6) is 0 Å². The Morgan fingerprint density at radius 1 is 1.03 bits per heavy atom. The van der Waals surface area contributed by atoms with Crippen molar-refractivity contribution in [1.82, 2.24) is 20.3 Å². The quantitative estimate of drug-likeness (QED) is 0.485. The van der Waals surface area contributed by atoms with Crippen LogP contribution in [0.3, 0.4) is 0 Å². The number of pyridine rings is 1. The molecular formula is C25H29FN6O. The lowest BCUT2D eigenvalue weighted by molar-refractivity contribution is -0.122. The molecule has 2 heterocycles. The van der Waals surface area contributed by atoms with Crippen molar-refractivity contribution in [3.8, 4) is 0 Å². The molecule has 2 aromatic heterocycles. The number of nitrogens with two attached hydrogens (primary N) is 1. The normalized spacial score (nSPS) is 19.0. The van der Waals surface area contributed by atoms with Gasteiger partial charge in [0.15, 0.2) is 0 Å². The summed E-state index contributed by atoms with van der Waals surface area (Å²) in [7, 11) is 0. The number of nitrogens with one attached hydrogen (secondary N) is 2. The average molecular weight is 449 g/mol. The molecule has 1 amide bonds. The maximum atomic E-state index is 13.0. The Bertz CT molecular complexity index is 1040. The molecular weight excluding hydrogens is 419 g/mol. The van der Waals surface area contributed by atoms with Crippen LogP contribution in [0.25, 0.3) is 0 Å². The lowest BCUT2D eigenvalue weighted by Crippen LogP contribution is -2.44. The number of hydrogen-bond acceptors (Lipinski definition) is 6. The summed E-state index contributed by atoms with van der Waals surface area (Å²) in [5.74, 6) is 1.61. The van der Waals surface area contributed by atoms with E-state index in [0.29, 0.717) is 36.6 Å². The number of hydrogen-bond donors (Lipinski definition) is 3. The van der Waals surface area contributed by atoms with Gasteiger partial charge in [-0.1, -0.05) is 18.2 Å². The molecule has 1 aliphatic carbocycles. The third-order valence-electron chi connectivity index (χ3n) is 6.12. The average Bonchev–Trinajstić information content (AvgIpc) is 2.85. The molecule has 0 saturated heterocycles. The Labute approximate surface area is 193 Å². The fourth-order valence-corrected chi connectivity index (χ4v) is 4.22. The molecule has 0 bridgehead atoms. The van der Waals surface area contributed by atoms with E-state index < -0.39 is 6.04 Å². The van der Waals surface area contributed by atoms with E-state index >= 15 is 0 Å². The van der Waals surface area contributed by atoms with Crippen LogP contribution in [0.4, 0.5) is 16.2 Å². The number of carbonyl (C=O) groups is 1. The molecule has 0 spiro atoms. The first-order valence-electron chi connectivity index (χ1n) is 11.4. The van der Waals surface area contributed by atoms with Crippen molar-refractivity contribution in [2.75, 3.05) is 11.9 Å². The lowest BCUT2D eigenvalue weighted by Gasteiger charge is -2.28.